The molecule has 9 nitrogen and oxygen atoms in total. The van der Waals surface area contributed by atoms with Gasteiger partial charge in [-0.2, -0.15) is 19.6 Å². The fourth-order valence-corrected chi connectivity index (χ4v) is 4.19. The molecule has 0 saturated carbocycles. The van der Waals surface area contributed by atoms with Gasteiger partial charge >= 0.3 is 0 Å². The molecule has 0 spiro atoms. The van der Waals surface area contributed by atoms with Crippen LogP contribution in [0.4, 0.5) is 11.9 Å². The van der Waals surface area contributed by atoms with Crippen LogP contribution < -0.4 is 16.0 Å². The number of benzene rings is 2. The molecule has 4 aromatic rings. The molecule has 5 rings (SSSR count). The van der Waals surface area contributed by atoms with Gasteiger partial charge in [0.15, 0.2) is 5.65 Å². The molecule has 1 fully saturated rings. The maximum Gasteiger partial charge on any atom is 0.254 e. The molecule has 2 amide bonds. The average Bonchev–Trinajstić information content (AvgIpc) is 3.41. The molecule has 3 N–H and O–H groups in total. The number of carbonyl (C=O) groups excluding carboxylic acids is 2. The molecule has 3 heterocycles. The first-order valence-electron chi connectivity index (χ1n) is 11.9. The number of imide groups is 1. The minimum atomic E-state index is -0.388. The zero-order valence-electron chi connectivity index (χ0n) is 20.2. The van der Waals surface area contributed by atoms with Gasteiger partial charge in [-0.25, -0.2) is 0 Å². The molecule has 182 valence electrons. The van der Waals surface area contributed by atoms with Crippen molar-refractivity contribution in [3.8, 4) is 0 Å². The fraction of sp³-hybridized carbons (Fsp3) is 0.222. The highest BCUT2D eigenvalue weighted by molar-refractivity contribution is 6.15. The maximum atomic E-state index is 12.1. The highest BCUT2D eigenvalue weighted by Crippen LogP contribution is 2.23. The number of fused-ring (bicyclic) bond motifs is 1. The van der Waals surface area contributed by atoms with Crippen LogP contribution in [0.1, 0.15) is 41.6 Å². The van der Waals surface area contributed by atoms with E-state index < -0.39 is 0 Å². The van der Waals surface area contributed by atoms with E-state index in [0.717, 1.165) is 12.0 Å². The number of aryl methyl sites for hydroxylation is 1. The Bertz CT molecular complexity index is 1460. The molecule has 2 aromatic carbocycles. The van der Waals surface area contributed by atoms with E-state index in [9.17, 15) is 9.59 Å². The third kappa shape index (κ3) is 5.10. The topological polar surface area (TPSA) is 113 Å². The standard InChI is InChI=1S/C27H27N7O2/c1-17-7-6-8-19(13-17)11-12-28-27-33-26(30-18(2)20-9-4-3-5-10-20)32-24-22(16-29-34(24)27)14-21-15-23(35)31-25(21)36/h3-10,13-14,16,18H,11-12,15H2,1-2H3,(H,31,35,36)(H2,28,30,32,33)/b21-14+/t18-/m0/s1. The van der Waals surface area contributed by atoms with Gasteiger partial charge < -0.3 is 10.6 Å². The van der Waals surface area contributed by atoms with Crippen molar-refractivity contribution in [3.63, 3.8) is 0 Å². The Morgan fingerprint density at radius 3 is 2.69 bits per heavy atom. The predicted molar refractivity (Wildman–Crippen MR) is 138 cm³/mol. The Morgan fingerprint density at radius 1 is 1.11 bits per heavy atom. The van der Waals surface area contributed by atoms with Crippen molar-refractivity contribution < 1.29 is 9.59 Å². The van der Waals surface area contributed by atoms with E-state index in [2.05, 4.69) is 52.2 Å². The molecular formula is C27H27N7O2. The van der Waals surface area contributed by atoms with E-state index in [1.807, 2.05) is 37.3 Å². The Balaban J connectivity index is 1.46. The predicted octanol–water partition coefficient (Wildman–Crippen LogP) is 3.69. The lowest BCUT2D eigenvalue weighted by Crippen LogP contribution is -2.19. The van der Waals surface area contributed by atoms with Crippen LogP contribution in [0, 0.1) is 6.92 Å². The summed E-state index contributed by atoms with van der Waals surface area (Å²) in [6.07, 6.45) is 4.15. The number of carbonyl (C=O) groups is 2. The second kappa shape index (κ2) is 9.99. The largest absolute Gasteiger partial charge is 0.354 e. The number of anilines is 2. The van der Waals surface area contributed by atoms with Crippen molar-refractivity contribution in [3.05, 3.63) is 88.6 Å². The van der Waals surface area contributed by atoms with E-state index in [1.165, 1.54) is 11.1 Å². The minimum Gasteiger partial charge on any atom is -0.354 e. The van der Waals surface area contributed by atoms with E-state index in [4.69, 9.17) is 9.97 Å². The first-order valence-corrected chi connectivity index (χ1v) is 11.9. The minimum absolute atomic E-state index is 0.0308. The van der Waals surface area contributed by atoms with Crippen molar-refractivity contribution in [2.75, 3.05) is 17.2 Å². The van der Waals surface area contributed by atoms with E-state index >= 15 is 0 Å². The SMILES string of the molecule is Cc1cccc(CCNc2nc(N[C@@H](C)c3ccccc3)nc3c(/C=C4\CC(=O)NC4=O)cnn23)c1. The summed E-state index contributed by atoms with van der Waals surface area (Å²) < 4.78 is 1.62. The van der Waals surface area contributed by atoms with Gasteiger partial charge in [0.1, 0.15) is 0 Å². The van der Waals surface area contributed by atoms with E-state index in [0.29, 0.717) is 35.2 Å². The highest BCUT2D eigenvalue weighted by atomic mass is 16.2. The summed E-state index contributed by atoms with van der Waals surface area (Å²) >= 11 is 0. The maximum absolute atomic E-state index is 12.1. The number of amides is 2. The molecule has 0 bridgehead atoms. The molecule has 1 saturated heterocycles. The number of nitrogens with one attached hydrogen (secondary N) is 3. The second-order valence-corrected chi connectivity index (χ2v) is 8.87. The van der Waals surface area contributed by atoms with E-state index in [-0.39, 0.29) is 24.3 Å². The Morgan fingerprint density at radius 2 is 1.94 bits per heavy atom. The van der Waals surface area contributed by atoms with Gasteiger partial charge in [0, 0.05) is 17.7 Å². The summed E-state index contributed by atoms with van der Waals surface area (Å²) in [4.78, 5) is 33.1. The lowest BCUT2D eigenvalue weighted by Gasteiger charge is -2.16. The van der Waals surface area contributed by atoms with Crippen LogP contribution in [-0.4, -0.2) is 37.9 Å². The summed E-state index contributed by atoms with van der Waals surface area (Å²) in [5, 5.41) is 13.5. The molecular weight excluding hydrogens is 454 g/mol. The Kier molecular flexibility index (Phi) is 6.44. The Labute approximate surface area is 208 Å². The van der Waals surface area contributed by atoms with Crippen LogP contribution >= 0.6 is 0 Å². The molecule has 9 heteroatoms. The van der Waals surface area contributed by atoms with Crippen LogP contribution in [0.2, 0.25) is 0 Å². The van der Waals surface area contributed by atoms with Crippen LogP contribution in [0.25, 0.3) is 11.7 Å². The summed E-state index contributed by atoms with van der Waals surface area (Å²) in [5.41, 5.74) is 5.10. The van der Waals surface area contributed by atoms with Gasteiger partial charge in [-0.05, 0) is 37.5 Å². The number of hydrogen-bond acceptors (Lipinski definition) is 7. The van der Waals surface area contributed by atoms with Gasteiger partial charge in [-0.1, -0.05) is 60.2 Å². The molecule has 36 heavy (non-hydrogen) atoms. The van der Waals surface area contributed by atoms with Gasteiger partial charge in [0.25, 0.3) is 5.91 Å². The molecule has 0 aliphatic carbocycles. The van der Waals surface area contributed by atoms with Crippen molar-refractivity contribution in [1.82, 2.24) is 24.9 Å². The van der Waals surface area contributed by atoms with Crippen molar-refractivity contribution in [2.45, 2.75) is 32.7 Å². The van der Waals surface area contributed by atoms with Gasteiger partial charge in [0.2, 0.25) is 17.8 Å². The zero-order chi connectivity index (χ0) is 25.1. The lowest BCUT2D eigenvalue weighted by molar-refractivity contribution is -0.124. The molecule has 1 aliphatic heterocycles. The lowest BCUT2D eigenvalue weighted by atomic mass is 10.1. The first-order chi connectivity index (χ1) is 17.5. The summed E-state index contributed by atoms with van der Waals surface area (Å²) in [7, 11) is 0. The number of nitrogens with zero attached hydrogens (tertiary/aromatic N) is 4. The van der Waals surface area contributed by atoms with Crippen LogP contribution in [-0.2, 0) is 16.0 Å². The zero-order valence-corrected chi connectivity index (χ0v) is 20.2. The molecule has 1 atom stereocenters. The Hall–Kier alpha value is -4.53. The third-order valence-corrected chi connectivity index (χ3v) is 6.05. The monoisotopic (exact) mass is 481 g/mol. The second-order valence-electron chi connectivity index (χ2n) is 8.87. The normalized spacial score (nSPS) is 15.3. The molecule has 0 radical (unpaired) electrons. The van der Waals surface area contributed by atoms with Crippen molar-refractivity contribution in [2.24, 2.45) is 0 Å². The molecule has 2 aromatic heterocycles. The highest BCUT2D eigenvalue weighted by Gasteiger charge is 2.24. The number of rotatable bonds is 8. The van der Waals surface area contributed by atoms with E-state index in [1.54, 1.807) is 16.8 Å². The van der Waals surface area contributed by atoms with Gasteiger partial charge in [-0.15, -0.1) is 0 Å². The first kappa shape index (κ1) is 23.2. The quantitative estimate of drug-likeness (QED) is 0.260. The number of hydrogen-bond donors (Lipinski definition) is 3. The number of aromatic nitrogens is 4. The summed E-state index contributed by atoms with van der Waals surface area (Å²) in [5.74, 6) is 0.270. The van der Waals surface area contributed by atoms with Crippen LogP contribution in [0.3, 0.4) is 0 Å². The fourth-order valence-electron chi connectivity index (χ4n) is 4.19. The van der Waals surface area contributed by atoms with Gasteiger partial charge in [0.05, 0.1) is 18.7 Å². The summed E-state index contributed by atoms with van der Waals surface area (Å²) in [6.45, 7) is 4.77. The average molecular weight is 482 g/mol. The van der Waals surface area contributed by atoms with Crippen molar-refractivity contribution in [1.29, 1.82) is 0 Å². The molecule has 0 unspecified atom stereocenters. The van der Waals surface area contributed by atoms with Gasteiger partial charge in [-0.3, -0.25) is 14.9 Å². The summed E-state index contributed by atoms with van der Waals surface area (Å²) in [6, 6.07) is 18.4. The molecule has 1 aliphatic rings. The van der Waals surface area contributed by atoms with Crippen LogP contribution in [0.5, 0.6) is 0 Å². The third-order valence-electron chi connectivity index (χ3n) is 6.05. The van der Waals surface area contributed by atoms with Crippen molar-refractivity contribution >= 4 is 35.4 Å². The smallest absolute Gasteiger partial charge is 0.254 e. The van der Waals surface area contributed by atoms with Crippen LogP contribution in [0.15, 0.2) is 66.4 Å².